The van der Waals surface area contributed by atoms with Gasteiger partial charge in [-0.1, -0.05) is 18.6 Å². The lowest BCUT2D eigenvalue weighted by molar-refractivity contribution is -0.117. The molecular weight excluding hydrogens is 552 g/mol. The van der Waals surface area contributed by atoms with Crippen molar-refractivity contribution in [2.75, 3.05) is 56.5 Å². The molecule has 0 aliphatic carbocycles. The number of fused-ring (bicyclic) bond motifs is 2. The molecule has 3 N–H and O–H groups in total. The third kappa shape index (κ3) is 6.66. The van der Waals surface area contributed by atoms with Crippen molar-refractivity contribution in [1.29, 1.82) is 0 Å². The van der Waals surface area contributed by atoms with Crippen LogP contribution in [0.1, 0.15) is 32.1 Å². The maximum atomic E-state index is 12.8. The third-order valence-electron chi connectivity index (χ3n) is 8.47. The van der Waals surface area contributed by atoms with Gasteiger partial charge in [0.2, 0.25) is 5.91 Å². The number of aromatic amines is 1. The van der Waals surface area contributed by atoms with Crippen molar-refractivity contribution in [3.8, 4) is 17.1 Å². The average molecular weight is 591 g/mol. The minimum atomic E-state index is -0.00210. The highest BCUT2D eigenvalue weighted by Crippen LogP contribution is 2.32. The average Bonchev–Trinajstić information content (AvgIpc) is 3.74. The first-order valence-corrected chi connectivity index (χ1v) is 15.7. The van der Waals surface area contributed by atoms with Crippen LogP contribution in [0.4, 0.5) is 17.2 Å². The molecule has 0 unspecified atom stereocenters. The molecule has 5 aromatic rings. The highest BCUT2D eigenvalue weighted by atomic mass is 16.5. The normalized spacial score (nSPS) is 16.0. The van der Waals surface area contributed by atoms with Crippen molar-refractivity contribution in [3.05, 3.63) is 66.9 Å². The number of nitrogens with one attached hydrogen (secondary N) is 3. The van der Waals surface area contributed by atoms with E-state index in [0.717, 1.165) is 90.1 Å². The van der Waals surface area contributed by atoms with Gasteiger partial charge in [0.25, 0.3) is 0 Å². The Bertz CT molecular complexity index is 1760. The van der Waals surface area contributed by atoms with Gasteiger partial charge in [-0.2, -0.15) is 5.10 Å². The molecule has 7 rings (SSSR count). The molecule has 2 fully saturated rings. The van der Waals surface area contributed by atoms with Gasteiger partial charge in [0.1, 0.15) is 18.2 Å². The van der Waals surface area contributed by atoms with Gasteiger partial charge < -0.3 is 15.4 Å². The Morgan fingerprint density at radius 3 is 2.59 bits per heavy atom. The number of rotatable bonds is 10. The first-order valence-electron chi connectivity index (χ1n) is 15.7. The Labute approximate surface area is 256 Å². The molecule has 2 aliphatic heterocycles. The summed E-state index contributed by atoms with van der Waals surface area (Å²) in [5.41, 5.74) is 4.21. The fourth-order valence-corrected chi connectivity index (χ4v) is 6.13. The number of nitrogens with zero attached hydrogens (tertiary/aromatic N) is 5. The maximum absolute atomic E-state index is 12.8. The highest BCUT2D eigenvalue weighted by Gasteiger charge is 2.16. The number of piperidine rings is 1. The van der Waals surface area contributed by atoms with Crippen LogP contribution >= 0.6 is 0 Å². The fourth-order valence-electron chi connectivity index (χ4n) is 6.13. The number of hydrogen-bond acceptors (Lipinski definition) is 8. The number of carbonyl (C=O) groups excluding carboxylic acids is 1. The molecule has 0 saturated carbocycles. The Morgan fingerprint density at radius 2 is 1.70 bits per heavy atom. The monoisotopic (exact) mass is 590 g/mol. The molecule has 0 atom stereocenters. The summed E-state index contributed by atoms with van der Waals surface area (Å²) in [6.07, 6.45) is 7.89. The van der Waals surface area contributed by atoms with E-state index in [1.807, 2.05) is 60.7 Å². The summed E-state index contributed by atoms with van der Waals surface area (Å²) in [6, 6.07) is 19.8. The van der Waals surface area contributed by atoms with Gasteiger partial charge in [0.05, 0.1) is 23.8 Å². The predicted molar refractivity (Wildman–Crippen MR) is 174 cm³/mol. The second kappa shape index (κ2) is 13.0. The molecule has 2 aliphatic rings. The molecular formula is C34H38N8O2. The van der Waals surface area contributed by atoms with E-state index in [9.17, 15) is 4.79 Å². The molecule has 10 nitrogen and oxygen atoms in total. The zero-order valence-corrected chi connectivity index (χ0v) is 24.9. The Hall–Kier alpha value is -4.54. The Kier molecular flexibility index (Phi) is 8.34. The van der Waals surface area contributed by atoms with Crippen molar-refractivity contribution >= 4 is 44.9 Å². The molecule has 4 heterocycles. The summed E-state index contributed by atoms with van der Waals surface area (Å²) < 4.78 is 6.17. The summed E-state index contributed by atoms with van der Waals surface area (Å²) in [5, 5.41) is 15.6. The van der Waals surface area contributed by atoms with E-state index in [1.165, 1.54) is 19.3 Å². The van der Waals surface area contributed by atoms with Crippen molar-refractivity contribution in [3.63, 3.8) is 0 Å². The molecule has 1 amide bonds. The molecule has 3 aromatic carbocycles. The number of H-pyrrole nitrogens is 1. The van der Waals surface area contributed by atoms with E-state index < -0.39 is 0 Å². The summed E-state index contributed by atoms with van der Waals surface area (Å²) in [6.45, 7) is 6.23. The minimum Gasteiger partial charge on any atom is -0.492 e. The minimum absolute atomic E-state index is 0.00210. The van der Waals surface area contributed by atoms with Crippen LogP contribution < -0.4 is 15.4 Å². The Balaban J connectivity index is 1.16. The number of benzene rings is 3. The number of aromatic nitrogens is 4. The lowest BCUT2D eigenvalue weighted by Crippen LogP contribution is -2.36. The number of likely N-dealkylation sites (tertiary alicyclic amines) is 2. The van der Waals surface area contributed by atoms with E-state index in [4.69, 9.17) is 14.7 Å². The van der Waals surface area contributed by atoms with Crippen molar-refractivity contribution in [1.82, 2.24) is 30.0 Å². The van der Waals surface area contributed by atoms with Gasteiger partial charge in [-0.3, -0.25) is 19.7 Å². The second-order valence-electron chi connectivity index (χ2n) is 11.7. The number of hydrogen-bond donors (Lipinski definition) is 3. The molecule has 0 spiro atoms. The molecule has 226 valence electrons. The molecule has 44 heavy (non-hydrogen) atoms. The SMILES string of the molecule is O=C(CN1CCCCC1)Nc1cccc(-c2nc(Nc3ccc4[nH]ncc4c3)c3cc(OCCN4CCCC4)ccc3n2)c1. The van der Waals surface area contributed by atoms with E-state index in [0.29, 0.717) is 24.8 Å². The summed E-state index contributed by atoms with van der Waals surface area (Å²) in [7, 11) is 0. The van der Waals surface area contributed by atoms with Crippen molar-refractivity contribution in [2.24, 2.45) is 0 Å². The first kappa shape index (κ1) is 28.2. The van der Waals surface area contributed by atoms with Gasteiger partial charge in [0.15, 0.2) is 5.82 Å². The summed E-state index contributed by atoms with van der Waals surface area (Å²) >= 11 is 0. The van der Waals surface area contributed by atoms with Gasteiger partial charge in [-0.05, 0) is 100 Å². The Morgan fingerprint density at radius 1 is 0.864 bits per heavy atom. The van der Waals surface area contributed by atoms with Gasteiger partial charge in [-0.25, -0.2) is 9.97 Å². The van der Waals surface area contributed by atoms with Crippen molar-refractivity contribution in [2.45, 2.75) is 32.1 Å². The van der Waals surface area contributed by atoms with Crippen LogP contribution in [0.3, 0.4) is 0 Å². The molecule has 0 bridgehead atoms. The predicted octanol–water partition coefficient (Wildman–Crippen LogP) is 5.82. The molecule has 2 aromatic heterocycles. The van der Waals surface area contributed by atoms with Gasteiger partial charge >= 0.3 is 0 Å². The standard InChI is InChI=1S/C34H38N8O2/c43-32(23-42-15-2-1-3-16-42)36-26-8-6-7-24(19-26)33-38-31-12-10-28(44-18-17-41-13-4-5-14-41)21-29(31)34(39-33)37-27-9-11-30-25(20-27)22-35-40-30/h6-12,19-22H,1-5,13-18,23H2,(H,35,40)(H,36,43)(H,37,38,39). The van der Waals surface area contributed by atoms with E-state index in [1.54, 1.807) is 6.20 Å². The zero-order chi connectivity index (χ0) is 29.7. The maximum Gasteiger partial charge on any atom is 0.238 e. The van der Waals surface area contributed by atoms with Crippen molar-refractivity contribution < 1.29 is 9.53 Å². The number of ether oxygens (including phenoxy) is 1. The number of carbonyl (C=O) groups is 1. The lowest BCUT2D eigenvalue weighted by atomic mass is 10.1. The lowest BCUT2D eigenvalue weighted by Gasteiger charge is -2.25. The molecule has 2 saturated heterocycles. The number of anilines is 3. The highest BCUT2D eigenvalue weighted by molar-refractivity contribution is 5.95. The fraction of sp³-hybridized carbons (Fsp3) is 0.353. The van der Waals surface area contributed by atoms with Crippen LogP contribution in [-0.2, 0) is 4.79 Å². The van der Waals surface area contributed by atoms with E-state index in [2.05, 4.69) is 30.6 Å². The largest absolute Gasteiger partial charge is 0.492 e. The van der Waals surface area contributed by atoms with Crippen LogP contribution in [0, 0.1) is 0 Å². The van der Waals surface area contributed by atoms with Crippen LogP contribution in [-0.4, -0.2) is 81.7 Å². The van der Waals surface area contributed by atoms with E-state index >= 15 is 0 Å². The van der Waals surface area contributed by atoms with E-state index in [-0.39, 0.29) is 5.91 Å². The molecule has 10 heteroatoms. The topological polar surface area (TPSA) is 111 Å². The second-order valence-corrected chi connectivity index (χ2v) is 11.7. The third-order valence-corrected chi connectivity index (χ3v) is 8.47. The van der Waals surface area contributed by atoms with Gasteiger partial charge in [-0.15, -0.1) is 0 Å². The number of amides is 1. The van der Waals surface area contributed by atoms with Gasteiger partial charge in [0, 0.05) is 34.3 Å². The van der Waals surface area contributed by atoms with Crippen LogP contribution in [0.5, 0.6) is 5.75 Å². The quantitative estimate of drug-likeness (QED) is 0.187. The van der Waals surface area contributed by atoms with Crippen LogP contribution in [0.25, 0.3) is 33.2 Å². The van der Waals surface area contributed by atoms with Crippen LogP contribution in [0.15, 0.2) is 66.9 Å². The molecule has 0 radical (unpaired) electrons. The summed E-state index contributed by atoms with van der Waals surface area (Å²) in [4.78, 5) is 27.4. The first-order chi connectivity index (χ1) is 21.7. The summed E-state index contributed by atoms with van der Waals surface area (Å²) in [5.74, 6) is 2.04. The van der Waals surface area contributed by atoms with Crippen LogP contribution in [0.2, 0.25) is 0 Å². The smallest absolute Gasteiger partial charge is 0.238 e. The zero-order valence-electron chi connectivity index (χ0n) is 24.9.